The smallest absolute Gasteiger partial charge is 0.410 e. The molecule has 2 aromatic rings. The first-order valence-electron chi connectivity index (χ1n) is 10.7. The quantitative estimate of drug-likeness (QED) is 0.587. The Morgan fingerprint density at radius 1 is 1.06 bits per heavy atom. The van der Waals surface area contributed by atoms with Gasteiger partial charge in [0.1, 0.15) is 12.7 Å². The summed E-state index contributed by atoms with van der Waals surface area (Å²) in [6.07, 6.45) is 0.750. The molecule has 2 aliphatic heterocycles. The van der Waals surface area contributed by atoms with E-state index in [-0.39, 0.29) is 25.3 Å². The summed E-state index contributed by atoms with van der Waals surface area (Å²) in [5.41, 5.74) is 2.02. The monoisotopic (exact) mass is 460 g/mol. The van der Waals surface area contributed by atoms with E-state index in [1.807, 2.05) is 65.7 Å². The third-order valence-corrected chi connectivity index (χ3v) is 6.26. The first-order valence-corrected chi connectivity index (χ1v) is 12.5. The topological polar surface area (TPSA) is 85.4 Å². The summed E-state index contributed by atoms with van der Waals surface area (Å²) in [7, 11) is -3.64. The minimum Gasteiger partial charge on any atom is -0.445 e. The van der Waals surface area contributed by atoms with Gasteiger partial charge in [0.05, 0.1) is 24.9 Å². The Morgan fingerprint density at radius 2 is 1.72 bits per heavy atom. The normalized spacial score (nSPS) is 24.0. The molecule has 32 heavy (non-hydrogen) atoms. The van der Waals surface area contributed by atoms with Gasteiger partial charge < -0.3 is 4.74 Å². The van der Waals surface area contributed by atoms with E-state index in [1.54, 1.807) is 4.90 Å². The van der Waals surface area contributed by atoms with E-state index in [9.17, 15) is 13.2 Å². The van der Waals surface area contributed by atoms with Crippen molar-refractivity contribution in [2.75, 3.05) is 19.3 Å². The van der Waals surface area contributed by atoms with Crippen LogP contribution in [0.25, 0.3) is 0 Å². The second-order valence-electron chi connectivity index (χ2n) is 8.20. The zero-order valence-corrected chi connectivity index (χ0v) is 18.8. The number of likely N-dealkylation sites (tertiary alicyclic amines) is 1. The molecule has 2 aromatic carbocycles. The molecular formula is C23H28N2O6S. The number of carbonyl (C=O) groups is 1. The van der Waals surface area contributed by atoms with Crippen molar-refractivity contribution >= 4 is 16.2 Å². The standard InChI is InChI=1S/C23H28N2O6S/c1-32(27,28)31-20-14-21(22-12-13-24(30-22)15-18-8-4-2-5-9-18)25(16-20)23(26)29-17-19-10-6-3-7-11-19/h2-11,20-22H,12-17H2,1H3/t20-,21+,22-/m1/s1. The molecule has 0 radical (unpaired) electrons. The molecule has 0 unspecified atom stereocenters. The Kier molecular flexibility index (Phi) is 7.10. The largest absolute Gasteiger partial charge is 0.445 e. The van der Waals surface area contributed by atoms with Crippen LogP contribution >= 0.6 is 0 Å². The summed E-state index contributed by atoms with van der Waals surface area (Å²) >= 11 is 0. The molecule has 8 nitrogen and oxygen atoms in total. The predicted octanol–water partition coefficient (Wildman–Crippen LogP) is 2.95. The first kappa shape index (κ1) is 22.7. The molecule has 172 valence electrons. The van der Waals surface area contributed by atoms with Gasteiger partial charge in [-0.3, -0.25) is 13.9 Å². The Morgan fingerprint density at radius 3 is 2.38 bits per heavy atom. The summed E-state index contributed by atoms with van der Waals surface area (Å²) < 4.78 is 34.0. The van der Waals surface area contributed by atoms with E-state index in [0.717, 1.165) is 30.3 Å². The number of amides is 1. The van der Waals surface area contributed by atoms with Crippen LogP contribution in [0.1, 0.15) is 24.0 Å². The molecule has 2 saturated heterocycles. The van der Waals surface area contributed by atoms with Crippen LogP contribution in [-0.2, 0) is 37.0 Å². The van der Waals surface area contributed by atoms with Crippen molar-refractivity contribution in [2.24, 2.45) is 0 Å². The maximum atomic E-state index is 12.9. The average Bonchev–Trinajstić information content (AvgIpc) is 3.39. The van der Waals surface area contributed by atoms with Crippen LogP contribution in [-0.4, -0.2) is 62.1 Å². The summed E-state index contributed by atoms with van der Waals surface area (Å²) in [5, 5.41) is 1.89. The van der Waals surface area contributed by atoms with E-state index in [0.29, 0.717) is 13.0 Å². The Labute approximate surface area is 188 Å². The van der Waals surface area contributed by atoms with Gasteiger partial charge in [0.15, 0.2) is 0 Å². The van der Waals surface area contributed by atoms with Crippen molar-refractivity contribution in [3.8, 4) is 0 Å². The molecule has 0 aromatic heterocycles. The fraction of sp³-hybridized carbons (Fsp3) is 0.435. The molecule has 2 fully saturated rings. The van der Waals surface area contributed by atoms with Gasteiger partial charge in [0.2, 0.25) is 0 Å². The number of hydroxylamine groups is 2. The SMILES string of the molecule is CS(=O)(=O)O[C@@H]1C[C@@H]([C@H]2CCN(Cc3ccccc3)O2)N(C(=O)OCc2ccccc2)C1. The lowest BCUT2D eigenvalue weighted by atomic mass is 10.1. The van der Waals surface area contributed by atoms with Gasteiger partial charge in [0, 0.05) is 13.1 Å². The lowest BCUT2D eigenvalue weighted by molar-refractivity contribution is -0.165. The van der Waals surface area contributed by atoms with Crippen molar-refractivity contribution in [3.63, 3.8) is 0 Å². The average molecular weight is 461 g/mol. The van der Waals surface area contributed by atoms with Crippen LogP contribution in [0.2, 0.25) is 0 Å². The highest BCUT2D eigenvalue weighted by Crippen LogP contribution is 2.31. The summed E-state index contributed by atoms with van der Waals surface area (Å²) in [6, 6.07) is 19.1. The summed E-state index contributed by atoms with van der Waals surface area (Å²) in [4.78, 5) is 20.6. The van der Waals surface area contributed by atoms with E-state index in [4.69, 9.17) is 13.8 Å². The van der Waals surface area contributed by atoms with Crippen molar-refractivity contribution in [1.29, 1.82) is 0 Å². The molecular weight excluding hydrogens is 432 g/mol. The van der Waals surface area contributed by atoms with Crippen molar-refractivity contribution in [1.82, 2.24) is 9.96 Å². The molecule has 2 heterocycles. The fourth-order valence-electron chi connectivity index (χ4n) is 4.24. The minimum absolute atomic E-state index is 0.143. The first-order chi connectivity index (χ1) is 15.4. The molecule has 0 bridgehead atoms. The highest BCUT2D eigenvalue weighted by Gasteiger charge is 2.45. The van der Waals surface area contributed by atoms with Gasteiger partial charge in [-0.15, -0.1) is 0 Å². The lowest BCUT2D eigenvalue weighted by Crippen LogP contribution is -2.43. The fourth-order valence-corrected chi connectivity index (χ4v) is 4.88. The van der Waals surface area contributed by atoms with Crippen LogP contribution in [0.3, 0.4) is 0 Å². The number of hydrogen-bond donors (Lipinski definition) is 0. The Bertz CT molecular complexity index is 1000. The number of carbonyl (C=O) groups excluding carboxylic acids is 1. The molecule has 0 N–H and O–H groups in total. The number of rotatable bonds is 7. The summed E-state index contributed by atoms with van der Waals surface area (Å²) in [5.74, 6) is 0. The number of benzene rings is 2. The van der Waals surface area contributed by atoms with Gasteiger partial charge >= 0.3 is 6.09 Å². The maximum absolute atomic E-state index is 12.9. The van der Waals surface area contributed by atoms with Crippen LogP contribution in [0, 0.1) is 0 Å². The predicted molar refractivity (Wildman–Crippen MR) is 118 cm³/mol. The van der Waals surface area contributed by atoms with Gasteiger partial charge in [0.25, 0.3) is 10.1 Å². The van der Waals surface area contributed by atoms with E-state index in [2.05, 4.69) is 0 Å². The highest BCUT2D eigenvalue weighted by atomic mass is 32.2. The van der Waals surface area contributed by atoms with Crippen LogP contribution < -0.4 is 0 Å². The lowest BCUT2D eigenvalue weighted by Gasteiger charge is -2.28. The molecule has 4 rings (SSSR count). The third-order valence-electron chi connectivity index (χ3n) is 5.63. The van der Waals surface area contributed by atoms with E-state index < -0.39 is 22.3 Å². The second kappa shape index (κ2) is 9.99. The Balaban J connectivity index is 1.41. The van der Waals surface area contributed by atoms with Gasteiger partial charge in [-0.25, -0.2) is 4.79 Å². The minimum atomic E-state index is -3.64. The maximum Gasteiger partial charge on any atom is 0.410 e. The van der Waals surface area contributed by atoms with Gasteiger partial charge in [-0.2, -0.15) is 13.5 Å². The molecule has 2 aliphatic rings. The third kappa shape index (κ3) is 6.07. The zero-order chi connectivity index (χ0) is 22.6. The van der Waals surface area contributed by atoms with Gasteiger partial charge in [-0.05, 0) is 24.0 Å². The van der Waals surface area contributed by atoms with Crippen molar-refractivity contribution in [3.05, 3.63) is 71.8 Å². The molecule has 3 atom stereocenters. The molecule has 9 heteroatoms. The van der Waals surface area contributed by atoms with Crippen LogP contribution in [0.4, 0.5) is 4.79 Å². The summed E-state index contributed by atoms with van der Waals surface area (Å²) in [6.45, 7) is 1.66. The number of hydrogen-bond acceptors (Lipinski definition) is 7. The van der Waals surface area contributed by atoms with Crippen molar-refractivity contribution < 1.29 is 27.0 Å². The van der Waals surface area contributed by atoms with Gasteiger partial charge in [-0.1, -0.05) is 60.7 Å². The highest BCUT2D eigenvalue weighted by molar-refractivity contribution is 7.86. The molecule has 0 spiro atoms. The van der Waals surface area contributed by atoms with Crippen molar-refractivity contribution in [2.45, 2.75) is 44.2 Å². The number of nitrogens with zero attached hydrogens (tertiary/aromatic N) is 2. The van der Waals surface area contributed by atoms with Crippen LogP contribution in [0.15, 0.2) is 60.7 Å². The van der Waals surface area contributed by atoms with E-state index in [1.165, 1.54) is 0 Å². The van der Waals surface area contributed by atoms with E-state index >= 15 is 0 Å². The van der Waals surface area contributed by atoms with Crippen LogP contribution in [0.5, 0.6) is 0 Å². The zero-order valence-electron chi connectivity index (χ0n) is 18.0. The number of ether oxygens (including phenoxy) is 1. The molecule has 0 saturated carbocycles. The Hall–Kier alpha value is -2.46. The molecule has 1 amide bonds. The molecule has 0 aliphatic carbocycles. The second-order valence-corrected chi connectivity index (χ2v) is 9.80.